The summed E-state index contributed by atoms with van der Waals surface area (Å²) < 4.78 is 0. The molecule has 0 fully saturated rings. The van der Waals surface area contributed by atoms with Gasteiger partial charge in [0.2, 0.25) is 0 Å². The first-order chi connectivity index (χ1) is 13.2. The van der Waals surface area contributed by atoms with Crippen molar-refractivity contribution >= 4 is 33.9 Å². The number of nitriles is 1. The van der Waals surface area contributed by atoms with Crippen LogP contribution in [0.3, 0.4) is 0 Å². The molecule has 0 bridgehead atoms. The van der Waals surface area contributed by atoms with Crippen molar-refractivity contribution in [2.24, 2.45) is 0 Å². The van der Waals surface area contributed by atoms with Crippen molar-refractivity contribution in [1.29, 1.82) is 5.26 Å². The van der Waals surface area contributed by atoms with Gasteiger partial charge in [0.1, 0.15) is 11.4 Å². The van der Waals surface area contributed by atoms with Crippen molar-refractivity contribution in [3.63, 3.8) is 0 Å². The van der Waals surface area contributed by atoms with Gasteiger partial charge in [0, 0.05) is 6.42 Å². The standard InChI is InChI=1S/C24H22NOP/c1-2-12-23(26)24(19-25)27(20-13-6-3-7-14-20,21-15-8-4-9-16-21)22-17-10-5-11-18-22/h3-11,13-18H,2,12H2,1H3. The molecule has 0 atom stereocenters. The Morgan fingerprint density at radius 2 is 1.15 bits per heavy atom. The lowest BCUT2D eigenvalue weighted by Gasteiger charge is -2.30. The van der Waals surface area contributed by atoms with Crippen LogP contribution in [0.1, 0.15) is 19.8 Å². The number of ketones is 1. The van der Waals surface area contributed by atoms with E-state index in [2.05, 4.69) is 6.07 Å². The predicted octanol–water partition coefficient (Wildman–Crippen LogP) is 4.05. The monoisotopic (exact) mass is 371 g/mol. The molecule has 0 N–H and O–H groups in total. The molecular formula is C24H22NOP. The van der Waals surface area contributed by atoms with Crippen LogP contribution in [0.2, 0.25) is 0 Å². The zero-order chi connectivity index (χ0) is 19.1. The van der Waals surface area contributed by atoms with Crippen LogP contribution < -0.4 is 15.9 Å². The van der Waals surface area contributed by atoms with Crippen LogP contribution >= 0.6 is 6.89 Å². The van der Waals surface area contributed by atoms with Gasteiger partial charge in [-0.05, 0) is 29.2 Å². The van der Waals surface area contributed by atoms with Crippen molar-refractivity contribution in [2.45, 2.75) is 19.8 Å². The maximum absolute atomic E-state index is 13.1. The minimum Gasteiger partial charge on any atom is -0.293 e. The predicted molar refractivity (Wildman–Crippen MR) is 116 cm³/mol. The lowest BCUT2D eigenvalue weighted by molar-refractivity contribution is -0.112. The van der Waals surface area contributed by atoms with E-state index in [0.29, 0.717) is 11.7 Å². The maximum Gasteiger partial charge on any atom is 0.174 e. The van der Waals surface area contributed by atoms with Gasteiger partial charge in [-0.15, -0.1) is 0 Å². The van der Waals surface area contributed by atoms with Crippen LogP contribution in [0.4, 0.5) is 0 Å². The number of carbonyl (C=O) groups is 1. The Morgan fingerprint density at radius 3 is 1.44 bits per heavy atom. The maximum atomic E-state index is 13.1. The number of hydrogen-bond donors (Lipinski definition) is 0. The topological polar surface area (TPSA) is 40.9 Å². The molecule has 0 amide bonds. The lowest BCUT2D eigenvalue weighted by Crippen LogP contribution is -2.33. The van der Waals surface area contributed by atoms with Crippen molar-refractivity contribution in [1.82, 2.24) is 0 Å². The highest BCUT2D eigenvalue weighted by molar-refractivity contribution is 7.96. The number of hydrogen-bond acceptors (Lipinski definition) is 2. The van der Waals surface area contributed by atoms with Crippen molar-refractivity contribution in [3.8, 4) is 6.07 Å². The minimum absolute atomic E-state index is 0.0510. The molecule has 2 nitrogen and oxygen atoms in total. The Labute approximate surface area is 161 Å². The molecule has 0 spiro atoms. The molecule has 0 aliphatic carbocycles. The largest absolute Gasteiger partial charge is 0.293 e. The SMILES string of the molecule is CCCC(=O)C(C#N)=P(c1ccccc1)(c1ccccc1)c1ccccc1. The number of benzene rings is 3. The van der Waals surface area contributed by atoms with Crippen LogP contribution in [0.25, 0.3) is 0 Å². The highest BCUT2D eigenvalue weighted by Gasteiger charge is 2.32. The third-order valence-corrected chi connectivity index (χ3v) is 8.85. The Balaban J connectivity index is 2.56. The molecule has 0 aliphatic heterocycles. The van der Waals surface area contributed by atoms with E-state index >= 15 is 0 Å². The second-order valence-corrected chi connectivity index (χ2v) is 9.65. The average Bonchev–Trinajstić information content (AvgIpc) is 2.74. The van der Waals surface area contributed by atoms with Gasteiger partial charge >= 0.3 is 0 Å². The molecule has 0 aromatic heterocycles. The first-order valence-electron chi connectivity index (χ1n) is 9.11. The van der Waals surface area contributed by atoms with E-state index in [1.807, 2.05) is 97.9 Å². The highest BCUT2D eigenvalue weighted by atomic mass is 31.2. The fraction of sp³-hybridized carbons (Fsp3) is 0.125. The van der Waals surface area contributed by atoms with Gasteiger partial charge in [-0.2, -0.15) is 5.26 Å². The summed E-state index contributed by atoms with van der Waals surface area (Å²) in [6.07, 6.45) is 1.11. The van der Waals surface area contributed by atoms with E-state index in [0.717, 1.165) is 22.3 Å². The molecule has 3 aromatic carbocycles. The van der Waals surface area contributed by atoms with Gasteiger partial charge in [0.25, 0.3) is 0 Å². The summed E-state index contributed by atoms with van der Waals surface area (Å²) in [5, 5.41) is 13.6. The molecule has 0 heterocycles. The third-order valence-electron chi connectivity index (χ3n) is 4.61. The molecule has 0 radical (unpaired) electrons. The Bertz CT molecular complexity index is 899. The van der Waals surface area contributed by atoms with Crippen LogP contribution in [0.15, 0.2) is 91.0 Å². The zero-order valence-electron chi connectivity index (χ0n) is 15.4. The highest BCUT2D eigenvalue weighted by Crippen LogP contribution is 2.46. The Kier molecular flexibility index (Phi) is 6.07. The molecule has 27 heavy (non-hydrogen) atoms. The number of nitrogens with zero attached hydrogens (tertiary/aromatic N) is 1. The van der Waals surface area contributed by atoms with Crippen LogP contribution in [-0.2, 0) is 4.79 Å². The first-order valence-corrected chi connectivity index (χ1v) is 10.9. The summed E-state index contributed by atoms with van der Waals surface area (Å²) in [7, 11) is 0. The van der Waals surface area contributed by atoms with E-state index in [-0.39, 0.29) is 5.78 Å². The van der Waals surface area contributed by atoms with Gasteiger partial charge < -0.3 is 0 Å². The summed E-state index contributed by atoms with van der Waals surface area (Å²) in [6, 6.07) is 32.4. The van der Waals surface area contributed by atoms with Crippen molar-refractivity contribution in [2.75, 3.05) is 0 Å². The lowest BCUT2D eigenvalue weighted by atomic mass is 10.2. The second-order valence-electron chi connectivity index (χ2n) is 6.31. The van der Waals surface area contributed by atoms with Crippen LogP contribution in [0.5, 0.6) is 0 Å². The van der Waals surface area contributed by atoms with E-state index in [1.54, 1.807) is 0 Å². The fourth-order valence-corrected chi connectivity index (χ4v) is 7.62. The molecule has 0 saturated heterocycles. The van der Waals surface area contributed by atoms with E-state index in [4.69, 9.17) is 0 Å². The summed E-state index contributed by atoms with van der Waals surface area (Å²) >= 11 is 0. The molecule has 0 saturated carbocycles. The summed E-state index contributed by atoms with van der Waals surface area (Å²) in [4.78, 5) is 13.1. The molecule has 134 valence electrons. The number of Topliss-reactive ketones (excluding diaryl/α,β-unsaturated/α-hetero) is 1. The van der Waals surface area contributed by atoms with Crippen LogP contribution in [0, 0.1) is 11.3 Å². The molecule has 0 unspecified atom stereocenters. The third kappa shape index (κ3) is 3.52. The smallest absolute Gasteiger partial charge is 0.174 e. The number of rotatable bonds is 6. The second kappa shape index (κ2) is 8.67. The van der Waals surface area contributed by atoms with E-state index < -0.39 is 6.89 Å². The number of carbonyl (C=O) groups excluding carboxylic acids is 1. The van der Waals surface area contributed by atoms with Gasteiger partial charge in [0.05, 0.1) is 0 Å². The van der Waals surface area contributed by atoms with Gasteiger partial charge in [-0.25, -0.2) is 0 Å². The van der Waals surface area contributed by atoms with Gasteiger partial charge in [0.15, 0.2) is 5.78 Å². The first kappa shape index (κ1) is 18.9. The van der Waals surface area contributed by atoms with Gasteiger partial charge in [-0.3, -0.25) is 4.79 Å². The van der Waals surface area contributed by atoms with E-state index in [1.165, 1.54) is 0 Å². The Hall–Kier alpha value is -2.88. The normalized spacial score (nSPS) is 10.8. The summed E-state index contributed by atoms with van der Waals surface area (Å²) in [6.45, 7) is -0.570. The van der Waals surface area contributed by atoms with Gasteiger partial charge in [-0.1, -0.05) is 97.9 Å². The molecule has 3 heteroatoms. The molecule has 3 rings (SSSR count). The van der Waals surface area contributed by atoms with E-state index in [9.17, 15) is 10.1 Å². The van der Waals surface area contributed by atoms with Crippen LogP contribution in [-0.4, -0.2) is 11.1 Å². The minimum atomic E-state index is -2.54. The summed E-state index contributed by atoms with van der Waals surface area (Å²) in [5.41, 5.74) is 0. The quantitative estimate of drug-likeness (QED) is 0.614. The average molecular weight is 371 g/mol. The molecule has 0 aliphatic rings. The Morgan fingerprint density at radius 1 is 0.778 bits per heavy atom. The van der Waals surface area contributed by atoms with Crippen molar-refractivity contribution < 1.29 is 4.79 Å². The molecule has 3 aromatic rings. The molecular weight excluding hydrogens is 349 g/mol. The van der Waals surface area contributed by atoms with Crippen molar-refractivity contribution in [3.05, 3.63) is 91.0 Å². The zero-order valence-corrected chi connectivity index (χ0v) is 16.3. The summed E-state index contributed by atoms with van der Waals surface area (Å²) in [5.74, 6) is -0.0510. The fourth-order valence-electron chi connectivity index (χ4n) is 3.46.